The highest BCUT2D eigenvalue weighted by molar-refractivity contribution is 7.19. The Morgan fingerprint density at radius 2 is 2.08 bits per heavy atom. The number of thiophene rings is 1. The van der Waals surface area contributed by atoms with E-state index in [9.17, 15) is 0 Å². The van der Waals surface area contributed by atoms with Crippen molar-refractivity contribution >= 4 is 52.2 Å². The predicted octanol–water partition coefficient (Wildman–Crippen LogP) is 4.50. The Balaban J connectivity index is 0.00000156. The van der Waals surface area contributed by atoms with Gasteiger partial charge in [-0.05, 0) is 38.0 Å². The lowest BCUT2D eigenvalue weighted by atomic mass is 10.1. The molecular weight excluding hydrogens is 379 g/mol. The third-order valence-corrected chi connectivity index (χ3v) is 5.05. The zero-order valence-corrected chi connectivity index (χ0v) is 17.0. The van der Waals surface area contributed by atoms with Gasteiger partial charge in [0.2, 0.25) is 0 Å². The molecule has 3 rings (SSSR count). The summed E-state index contributed by atoms with van der Waals surface area (Å²) in [4.78, 5) is 10.7. The summed E-state index contributed by atoms with van der Waals surface area (Å²) in [7, 11) is 0. The van der Waals surface area contributed by atoms with Gasteiger partial charge in [0.1, 0.15) is 17.4 Å². The third kappa shape index (κ3) is 4.85. The molecule has 0 amide bonds. The lowest BCUT2D eigenvalue weighted by Gasteiger charge is -2.07. The van der Waals surface area contributed by atoms with Crippen molar-refractivity contribution in [1.82, 2.24) is 9.97 Å². The summed E-state index contributed by atoms with van der Waals surface area (Å²) < 4.78 is 6.49. The summed E-state index contributed by atoms with van der Waals surface area (Å²) in [6.07, 6.45) is 3.36. The molecule has 0 fully saturated rings. The molecule has 8 heteroatoms. The fourth-order valence-electron chi connectivity index (χ4n) is 2.53. The van der Waals surface area contributed by atoms with E-state index in [0.29, 0.717) is 6.54 Å². The van der Waals surface area contributed by atoms with E-state index in [1.807, 2.05) is 19.1 Å². The van der Waals surface area contributed by atoms with Crippen molar-refractivity contribution in [2.45, 2.75) is 46.2 Å². The highest BCUT2D eigenvalue weighted by Crippen LogP contribution is 2.34. The first-order valence-corrected chi connectivity index (χ1v) is 8.70. The summed E-state index contributed by atoms with van der Waals surface area (Å²) in [6.45, 7) is 6.84. The molecule has 3 aromatic heterocycles. The number of nitrogens with two attached hydrogens (primary N) is 1. The van der Waals surface area contributed by atoms with Gasteiger partial charge < -0.3 is 15.5 Å². The lowest BCUT2D eigenvalue weighted by molar-refractivity contribution is 0.518. The minimum absolute atomic E-state index is 0. The van der Waals surface area contributed by atoms with Gasteiger partial charge in [0.25, 0.3) is 0 Å². The normalized spacial score (nSPS) is 11.7. The monoisotopic (exact) mass is 402 g/mol. The number of aromatic nitrogens is 2. The largest absolute Gasteiger partial charge is 0.467 e. The van der Waals surface area contributed by atoms with Gasteiger partial charge in [-0.25, -0.2) is 9.97 Å². The number of anilines is 1. The average Bonchev–Trinajstić information content (AvgIpc) is 3.14. The fraction of sp³-hybridized carbons (Fsp3) is 0.412. The van der Waals surface area contributed by atoms with Crippen LogP contribution in [-0.4, -0.2) is 16.0 Å². The Hall–Kier alpha value is -1.34. The average molecular weight is 403 g/mol. The van der Waals surface area contributed by atoms with Gasteiger partial charge in [0, 0.05) is 17.3 Å². The van der Waals surface area contributed by atoms with Crippen LogP contribution in [0.5, 0.6) is 0 Å². The molecule has 0 aliphatic carbocycles. The van der Waals surface area contributed by atoms with Gasteiger partial charge in [0.05, 0.1) is 23.0 Å². The molecule has 0 aliphatic rings. The van der Waals surface area contributed by atoms with Crippen LogP contribution < -0.4 is 11.1 Å². The van der Waals surface area contributed by atoms with Crippen LogP contribution in [0.15, 0.2) is 22.8 Å². The standard InChI is InChI=1S/C17H22N4OS.2ClH/c1-4-14-20-15-11(3)13(8-10(2)18)23-16(15)17(21-14)19-9-12-6-5-7-22-12;;/h5-7,10H,4,8-9,18H2,1-3H3,(H,19,20,21);2*1H/t10-;;/m0../s1. The van der Waals surface area contributed by atoms with Crippen molar-refractivity contribution in [2.75, 3.05) is 5.32 Å². The molecule has 25 heavy (non-hydrogen) atoms. The van der Waals surface area contributed by atoms with Crippen LogP contribution in [-0.2, 0) is 19.4 Å². The van der Waals surface area contributed by atoms with Gasteiger partial charge in [0.15, 0.2) is 0 Å². The van der Waals surface area contributed by atoms with Gasteiger partial charge in [-0.2, -0.15) is 0 Å². The predicted molar refractivity (Wildman–Crippen MR) is 109 cm³/mol. The van der Waals surface area contributed by atoms with E-state index < -0.39 is 0 Å². The van der Waals surface area contributed by atoms with Crippen molar-refractivity contribution in [3.05, 3.63) is 40.4 Å². The molecule has 0 radical (unpaired) electrons. The second-order valence-electron chi connectivity index (χ2n) is 5.78. The maximum atomic E-state index is 5.97. The maximum Gasteiger partial charge on any atom is 0.148 e. The van der Waals surface area contributed by atoms with E-state index in [4.69, 9.17) is 15.1 Å². The number of furan rings is 1. The Morgan fingerprint density at radius 1 is 1.32 bits per heavy atom. The molecule has 0 bridgehead atoms. The molecule has 0 aliphatic heterocycles. The number of hydrogen-bond acceptors (Lipinski definition) is 6. The highest BCUT2D eigenvalue weighted by Gasteiger charge is 2.16. The van der Waals surface area contributed by atoms with E-state index >= 15 is 0 Å². The number of fused-ring (bicyclic) bond motifs is 1. The zero-order chi connectivity index (χ0) is 16.4. The molecule has 3 N–H and O–H groups in total. The van der Waals surface area contributed by atoms with Gasteiger partial charge in [-0.3, -0.25) is 0 Å². The SMILES string of the molecule is CCc1nc(NCc2ccco2)c2sc(C[C@H](C)N)c(C)c2n1.Cl.Cl. The number of rotatable bonds is 6. The van der Waals surface area contributed by atoms with Crippen molar-refractivity contribution < 1.29 is 4.42 Å². The van der Waals surface area contributed by atoms with Gasteiger partial charge in [-0.15, -0.1) is 36.2 Å². The molecule has 138 valence electrons. The minimum atomic E-state index is 0. The smallest absolute Gasteiger partial charge is 0.148 e. The molecule has 0 spiro atoms. The number of nitrogens with one attached hydrogen (secondary N) is 1. The molecule has 0 saturated heterocycles. The summed E-state index contributed by atoms with van der Waals surface area (Å²) >= 11 is 1.74. The Bertz CT molecular complexity index is 803. The van der Waals surface area contributed by atoms with Crippen molar-refractivity contribution in [1.29, 1.82) is 0 Å². The molecule has 1 atom stereocenters. The van der Waals surface area contributed by atoms with Crippen molar-refractivity contribution in [3.8, 4) is 0 Å². The second kappa shape index (κ2) is 9.38. The van der Waals surface area contributed by atoms with Crippen molar-refractivity contribution in [3.63, 3.8) is 0 Å². The Morgan fingerprint density at radius 3 is 2.68 bits per heavy atom. The van der Waals surface area contributed by atoms with Crippen LogP contribution in [0, 0.1) is 6.92 Å². The lowest BCUT2D eigenvalue weighted by Crippen LogP contribution is -2.17. The molecule has 0 unspecified atom stereocenters. The summed E-state index contributed by atoms with van der Waals surface area (Å²) in [5.74, 6) is 2.62. The van der Waals surface area contributed by atoms with Crippen LogP contribution in [0.25, 0.3) is 10.2 Å². The van der Waals surface area contributed by atoms with Crippen LogP contribution in [0.3, 0.4) is 0 Å². The molecule has 0 aromatic carbocycles. The molecule has 0 saturated carbocycles. The number of aryl methyl sites for hydroxylation is 2. The van der Waals surface area contributed by atoms with Gasteiger partial charge in [-0.1, -0.05) is 6.92 Å². The van der Waals surface area contributed by atoms with E-state index in [-0.39, 0.29) is 30.9 Å². The second-order valence-corrected chi connectivity index (χ2v) is 6.89. The van der Waals surface area contributed by atoms with Crippen LogP contribution >= 0.6 is 36.2 Å². The topological polar surface area (TPSA) is 77.0 Å². The Labute approximate surface area is 164 Å². The first kappa shape index (κ1) is 21.7. The molecule has 5 nitrogen and oxygen atoms in total. The number of nitrogens with zero attached hydrogens (tertiary/aromatic N) is 2. The molecular formula is C17H24Cl2N4OS. The van der Waals surface area contributed by atoms with Gasteiger partial charge >= 0.3 is 0 Å². The Kier molecular flexibility index (Phi) is 8.15. The summed E-state index contributed by atoms with van der Waals surface area (Å²) in [5, 5.41) is 3.39. The quantitative estimate of drug-likeness (QED) is 0.634. The van der Waals surface area contributed by atoms with Crippen molar-refractivity contribution in [2.24, 2.45) is 5.73 Å². The zero-order valence-electron chi connectivity index (χ0n) is 14.5. The summed E-state index contributed by atoms with van der Waals surface area (Å²) in [6, 6.07) is 3.98. The van der Waals surface area contributed by atoms with Crippen LogP contribution in [0.4, 0.5) is 5.82 Å². The van der Waals surface area contributed by atoms with Crippen LogP contribution in [0.1, 0.15) is 35.9 Å². The first-order valence-electron chi connectivity index (χ1n) is 7.89. The van der Waals surface area contributed by atoms with E-state index in [0.717, 1.165) is 40.5 Å². The fourth-order valence-corrected chi connectivity index (χ4v) is 3.88. The van der Waals surface area contributed by atoms with Crippen LogP contribution in [0.2, 0.25) is 0 Å². The number of halogens is 2. The molecule has 3 heterocycles. The first-order chi connectivity index (χ1) is 11.1. The maximum absolute atomic E-state index is 5.97. The van der Waals surface area contributed by atoms with E-state index in [1.54, 1.807) is 17.6 Å². The molecule has 3 aromatic rings. The highest BCUT2D eigenvalue weighted by atomic mass is 35.5. The third-order valence-electron chi connectivity index (χ3n) is 3.74. The van der Waals surface area contributed by atoms with E-state index in [1.165, 1.54) is 10.4 Å². The minimum Gasteiger partial charge on any atom is -0.467 e. The number of hydrogen-bond donors (Lipinski definition) is 2. The van der Waals surface area contributed by atoms with E-state index in [2.05, 4.69) is 24.1 Å². The summed E-state index contributed by atoms with van der Waals surface area (Å²) in [5.41, 5.74) is 8.24.